The number of amides is 1. The van der Waals surface area contributed by atoms with Crippen LogP contribution >= 0.6 is 11.8 Å². The summed E-state index contributed by atoms with van der Waals surface area (Å²) < 4.78 is 6.60. The zero-order chi connectivity index (χ0) is 17.6. The highest BCUT2D eigenvalue weighted by Crippen LogP contribution is 2.19. The van der Waals surface area contributed by atoms with Gasteiger partial charge in [0.25, 0.3) is 0 Å². The van der Waals surface area contributed by atoms with Crippen LogP contribution in [0.2, 0.25) is 0 Å². The van der Waals surface area contributed by atoms with E-state index in [0.29, 0.717) is 16.4 Å². The molecule has 0 saturated heterocycles. The van der Waals surface area contributed by atoms with E-state index < -0.39 is 5.97 Å². The number of benzene rings is 1. The minimum Gasteiger partial charge on any atom is -0.465 e. The number of nitrogens with one attached hydrogen (secondary N) is 1. The van der Waals surface area contributed by atoms with Crippen molar-refractivity contribution in [3.63, 3.8) is 0 Å². The molecule has 1 aromatic heterocycles. The Morgan fingerprint density at radius 2 is 2.04 bits per heavy atom. The SMILES string of the molecule is COC(=O)c1ccc(NC(=O)CSc2nc3n(n2)CCCCC3)cc1. The van der Waals surface area contributed by atoms with E-state index in [-0.39, 0.29) is 11.7 Å². The number of aryl methyl sites for hydroxylation is 2. The predicted octanol–water partition coefficient (Wildman–Crippen LogP) is 2.52. The molecule has 25 heavy (non-hydrogen) atoms. The fraction of sp³-hybridized carbons (Fsp3) is 0.412. The minimum atomic E-state index is -0.404. The third kappa shape index (κ3) is 4.60. The number of esters is 1. The largest absolute Gasteiger partial charge is 0.465 e. The van der Waals surface area contributed by atoms with Crippen LogP contribution in [0.3, 0.4) is 0 Å². The van der Waals surface area contributed by atoms with Crippen LogP contribution < -0.4 is 5.32 Å². The van der Waals surface area contributed by atoms with Gasteiger partial charge in [-0.3, -0.25) is 4.79 Å². The standard InChI is InChI=1S/C17H20N4O3S/c1-24-16(23)12-6-8-13(9-7-12)18-15(22)11-25-17-19-14-5-3-2-4-10-21(14)20-17/h6-9H,2-5,10-11H2,1H3,(H,18,22). The van der Waals surface area contributed by atoms with E-state index in [1.54, 1.807) is 24.3 Å². The first kappa shape index (κ1) is 17.5. The number of carbonyl (C=O) groups excluding carboxylic acids is 2. The maximum atomic E-state index is 12.1. The molecule has 1 amide bonds. The van der Waals surface area contributed by atoms with Gasteiger partial charge in [-0.15, -0.1) is 5.10 Å². The zero-order valence-corrected chi connectivity index (χ0v) is 14.8. The summed E-state index contributed by atoms with van der Waals surface area (Å²) in [6, 6.07) is 6.57. The van der Waals surface area contributed by atoms with E-state index in [0.717, 1.165) is 31.6 Å². The number of carbonyl (C=O) groups is 2. The molecule has 0 bridgehead atoms. The Balaban J connectivity index is 1.52. The van der Waals surface area contributed by atoms with Crippen LogP contribution in [0.5, 0.6) is 0 Å². The first-order chi connectivity index (χ1) is 12.2. The summed E-state index contributed by atoms with van der Waals surface area (Å²) in [5.41, 5.74) is 1.07. The van der Waals surface area contributed by atoms with Gasteiger partial charge in [-0.05, 0) is 37.1 Å². The molecule has 0 fully saturated rings. The Kier molecular flexibility index (Phi) is 5.70. The normalized spacial score (nSPS) is 13.6. The van der Waals surface area contributed by atoms with E-state index in [2.05, 4.69) is 20.1 Å². The number of thioether (sulfide) groups is 1. The molecule has 8 heteroatoms. The molecular weight excluding hydrogens is 340 g/mol. The molecule has 2 heterocycles. The van der Waals surface area contributed by atoms with Gasteiger partial charge >= 0.3 is 5.97 Å². The lowest BCUT2D eigenvalue weighted by Gasteiger charge is -2.05. The molecule has 0 saturated carbocycles. The van der Waals surface area contributed by atoms with Crippen LogP contribution in [-0.2, 0) is 22.5 Å². The number of anilines is 1. The van der Waals surface area contributed by atoms with Crippen LogP contribution in [0.4, 0.5) is 5.69 Å². The number of methoxy groups -OCH3 is 1. The maximum Gasteiger partial charge on any atom is 0.337 e. The van der Waals surface area contributed by atoms with Crippen molar-refractivity contribution in [2.45, 2.75) is 37.4 Å². The monoisotopic (exact) mass is 360 g/mol. The molecule has 0 radical (unpaired) electrons. The maximum absolute atomic E-state index is 12.1. The molecule has 1 aromatic carbocycles. The fourth-order valence-corrected chi connectivity index (χ4v) is 3.29. The molecule has 0 aliphatic carbocycles. The van der Waals surface area contributed by atoms with Gasteiger partial charge in [-0.2, -0.15) is 0 Å². The summed E-state index contributed by atoms with van der Waals surface area (Å²) in [5.74, 6) is 0.709. The van der Waals surface area contributed by atoms with Gasteiger partial charge in [0.15, 0.2) is 0 Å². The topological polar surface area (TPSA) is 86.1 Å². The van der Waals surface area contributed by atoms with Crippen LogP contribution in [0, 0.1) is 0 Å². The number of ether oxygens (including phenoxy) is 1. The second-order valence-electron chi connectivity index (χ2n) is 5.75. The number of hydrogen-bond acceptors (Lipinski definition) is 6. The Morgan fingerprint density at radius 3 is 2.80 bits per heavy atom. The van der Waals surface area contributed by atoms with Crippen molar-refractivity contribution in [2.24, 2.45) is 0 Å². The summed E-state index contributed by atoms with van der Waals surface area (Å²) >= 11 is 1.33. The smallest absolute Gasteiger partial charge is 0.337 e. The summed E-state index contributed by atoms with van der Waals surface area (Å²) in [6.45, 7) is 0.904. The van der Waals surface area contributed by atoms with Crippen LogP contribution in [-0.4, -0.2) is 39.5 Å². The molecule has 1 aliphatic rings. The number of rotatable bonds is 5. The van der Waals surface area contributed by atoms with Gasteiger partial charge in [0.2, 0.25) is 11.1 Å². The van der Waals surface area contributed by atoms with Crippen molar-refractivity contribution in [1.29, 1.82) is 0 Å². The second-order valence-corrected chi connectivity index (χ2v) is 6.69. The summed E-state index contributed by atoms with van der Waals surface area (Å²) in [7, 11) is 1.33. The number of aromatic nitrogens is 3. The molecule has 1 N–H and O–H groups in total. The number of nitrogens with zero attached hydrogens (tertiary/aromatic N) is 3. The summed E-state index contributed by atoms with van der Waals surface area (Å²) in [4.78, 5) is 28.0. The Hall–Kier alpha value is -2.35. The molecule has 3 rings (SSSR count). The van der Waals surface area contributed by atoms with Gasteiger partial charge in [0.05, 0.1) is 18.4 Å². The van der Waals surface area contributed by atoms with Gasteiger partial charge < -0.3 is 10.1 Å². The van der Waals surface area contributed by atoms with E-state index in [9.17, 15) is 9.59 Å². The lowest BCUT2D eigenvalue weighted by atomic mass is 10.2. The van der Waals surface area contributed by atoms with Crippen molar-refractivity contribution < 1.29 is 14.3 Å². The molecule has 0 unspecified atom stereocenters. The van der Waals surface area contributed by atoms with Crippen molar-refractivity contribution in [3.05, 3.63) is 35.7 Å². The average Bonchev–Trinajstić information content (AvgIpc) is 2.89. The number of hydrogen-bond donors (Lipinski definition) is 1. The molecular formula is C17H20N4O3S. The average molecular weight is 360 g/mol. The third-order valence-electron chi connectivity index (χ3n) is 3.92. The Labute approximate surface area is 150 Å². The summed E-state index contributed by atoms with van der Waals surface area (Å²) in [5, 5.41) is 7.91. The van der Waals surface area contributed by atoms with Gasteiger partial charge in [0, 0.05) is 18.7 Å². The quantitative estimate of drug-likeness (QED) is 0.651. The first-order valence-corrected chi connectivity index (χ1v) is 9.19. The lowest BCUT2D eigenvalue weighted by molar-refractivity contribution is -0.113. The lowest BCUT2D eigenvalue weighted by Crippen LogP contribution is -2.14. The molecule has 2 aromatic rings. The minimum absolute atomic E-state index is 0.138. The van der Waals surface area contributed by atoms with Crippen LogP contribution in [0.25, 0.3) is 0 Å². The van der Waals surface area contributed by atoms with Crippen molar-refractivity contribution >= 4 is 29.3 Å². The zero-order valence-electron chi connectivity index (χ0n) is 14.0. The van der Waals surface area contributed by atoms with E-state index >= 15 is 0 Å². The van der Waals surface area contributed by atoms with E-state index in [1.165, 1.54) is 25.3 Å². The fourth-order valence-electron chi connectivity index (χ4n) is 2.63. The molecule has 0 spiro atoms. The molecule has 1 aliphatic heterocycles. The van der Waals surface area contributed by atoms with E-state index in [4.69, 9.17) is 0 Å². The van der Waals surface area contributed by atoms with Crippen molar-refractivity contribution in [2.75, 3.05) is 18.2 Å². The van der Waals surface area contributed by atoms with Crippen molar-refractivity contribution in [1.82, 2.24) is 14.8 Å². The van der Waals surface area contributed by atoms with Gasteiger partial charge in [-0.25, -0.2) is 14.5 Å². The predicted molar refractivity (Wildman–Crippen MR) is 94.7 cm³/mol. The highest BCUT2D eigenvalue weighted by atomic mass is 32.2. The van der Waals surface area contributed by atoms with E-state index in [1.807, 2.05) is 4.68 Å². The van der Waals surface area contributed by atoms with Gasteiger partial charge in [0.1, 0.15) is 5.82 Å². The van der Waals surface area contributed by atoms with Crippen molar-refractivity contribution in [3.8, 4) is 0 Å². The molecule has 7 nitrogen and oxygen atoms in total. The van der Waals surface area contributed by atoms with Crippen LogP contribution in [0.15, 0.2) is 29.4 Å². The molecule has 132 valence electrons. The number of fused-ring (bicyclic) bond motifs is 1. The first-order valence-electron chi connectivity index (χ1n) is 8.20. The summed E-state index contributed by atoms with van der Waals surface area (Å²) in [6.07, 6.45) is 4.43. The highest BCUT2D eigenvalue weighted by Gasteiger charge is 2.14. The molecule has 0 atom stereocenters. The second kappa shape index (κ2) is 8.15. The third-order valence-corrected chi connectivity index (χ3v) is 4.76. The Morgan fingerprint density at radius 1 is 1.24 bits per heavy atom. The highest BCUT2D eigenvalue weighted by molar-refractivity contribution is 7.99. The van der Waals surface area contributed by atoms with Gasteiger partial charge in [-0.1, -0.05) is 18.2 Å². The Bertz CT molecular complexity index is 734. The van der Waals surface area contributed by atoms with Crippen LogP contribution in [0.1, 0.15) is 35.4 Å².